The third-order valence-corrected chi connectivity index (χ3v) is 4.00. The minimum absolute atomic E-state index is 0.0301. The number of hydrogen-bond donors (Lipinski definition) is 1. The average Bonchev–Trinajstić information content (AvgIpc) is 2.80. The number of carbonyl (C=O) groups excluding carboxylic acids is 2. The Morgan fingerprint density at radius 2 is 2.05 bits per heavy atom. The summed E-state index contributed by atoms with van der Waals surface area (Å²) < 4.78 is 6.39. The molecule has 0 aliphatic carbocycles. The predicted octanol–water partition coefficient (Wildman–Crippen LogP) is 1.99. The number of rotatable bonds is 2. The van der Waals surface area contributed by atoms with E-state index < -0.39 is 0 Å². The van der Waals surface area contributed by atoms with Gasteiger partial charge in [0.25, 0.3) is 0 Å². The number of amides is 1. The van der Waals surface area contributed by atoms with Crippen LogP contribution in [0.2, 0.25) is 0 Å². The van der Waals surface area contributed by atoms with E-state index in [1.165, 1.54) is 7.11 Å². The Bertz CT molecular complexity index is 747. The third-order valence-electron chi connectivity index (χ3n) is 4.00. The first-order valence-electron chi connectivity index (χ1n) is 7.03. The molecular weight excluding hydrogens is 282 g/mol. The molecule has 114 valence electrons. The highest BCUT2D eigenvalue weighted by Gasteiger charge is 2.31. The molecule has 2 heterocycles. The molecule has 3 rings (SSSR count). The van der Waals surface area contributed by atoms with Gasteiger partial charge in [-0.15, -0.1) is 0 Å². The van der Waals surface area contributed by atoms with Crippen LogP contribution in [-0.4, -0.2) is 28.8 Å². The van der Waals surface area contributed by atoms with Gasteiger partial charge < -0.3 is 10.1 Å². The first-order valence-corrected chi connectivity index (χ1v) is 7.03. The normalized spacial score (nSPS) is 16.9. The number of methoxy groups -OCH3 is 1. The van der Waals surface area contributed by atoms with Crippen molar-refractivity contribution in [2.24, 2.45) is 7.05 Å². The van der Waals surface area contributed by atoms with Crippen molar-refractivity contribution in [3.05, 3.63) is 46.6 Å². The Labute approximate surface area is 128 Å². The molecule has 1 aliphatic rings. The Morgan fingerprint density at radius 1 is 1.36 bits per heavy atom. The van der Waals surface area contributed by atoms with Crippen LogP contribution < -0.4 is 5.32 Å². The second-order valence-electron chi connectivity index (χ2n) is 5.39. The maximum Gasteiger partial charge on any atom is 0.337 e. The summed E-state index contributed by atoms with van der Waals surface area (Å²) in [5.41, 5.74) is 3.42. The van der Waals surface area contributed by atoms with Crippen molar-refractivity contribution in [3.8, 4) is 0 Å². The molecule has 1 aliphatic heterocycles. The second kappa shape index (κ2) is 5.29. The zero-order chi connectivity index (χ0) is 15.9. The van der Waals surface area contributed by atoms with Gasteiger partial charge in [0, 0.05) is 24.9 Å². The molecule has 1 N–H and O–H groups in total. The van der Waals surface area contributed by atoms with Crippen molar-refractivity contribution in [1.29, 1.82) is 0 Å². The number of hydrogen-bond acceptors (Lipinski definition) is 4. The van der Waals surface area contributed by atoms with E-state index in [-0.39, 0.29) is 17.8 Å². The fourth-order valence-electron chi connectivity index (χ4n) is 2.96. The minimum atomic E-state index is -0.369. The fourth-order valence-corrected chi connectivity index (χ4v) is 2.96. The van der Waals surface area contributed by atoms with Crippen LogP contribution in [0, 0.1) is 6.92 Å². The summed E-state index contributed by atoms with van der Waals surface area (Å²) in [6.45, 7) is 1.94. The number of esters is 1. The lowest BCUT2D eigenvalue weighted by atomic mass is 9.85. The van der Waals surface area contributed by atoms with E-state index in [4.69, 9.17) is 4.74 Å². The number of fused-ring (bicyclic) bond motifs is 1. The molecule has 22 heavy (non-hydrogen) atoms. The maximum absolute atomic E-state index is 12.0. The van der Waals surface area contributed by atoms with Gasteiger partial charge in [-0.2, -0.15) is 5.10 Å². The molecule has 0 radical (unpaired) electrons. The summed E-state index contributed by atoms with van der Waals surface area (Å²) in [6.07, 6.45) is 0.372. The molecule has 1 amide bonds. The van der Waals surface area contributed by atoms with Crippen molar-refractivity contribution in [2.75, 3.05) is 12.4 Å². The number of anilines is 1. The average molecular weight is 299 g/mol. The molecule has 1 aromatic heterocycles. The lowest BCUT2D eigenvalue weighted by molar-refractivity contribution is -0.116. The molecule has 0 fully saturated rings. The number of nitrogens with zero attached hydrogens (tertiary/aromatic N) is 2. The molecule has 0 bridgehead atoms. The molecule has 6 heteroatoms. The van der Waals surface area contributed by atoms with E-state index in [0.717, 1.165) is 22.6 Å². The van der Waals surface area contributed by atoms with Crippen molar-refractivity contribution in [2.45, 2.75) is 19.3 Å². The van der Waals surface area contributed by atoms with E-state index in [9.17, 15) is 9.59 Å². The quantitative estimate of drug-likeness (QED) is 0.861. The van der Waals surface area contributed by atoms with Crippen molar-refractivity contribution in [3.63, 3.8) is 0 Å². The lowest BCUT2D eigenvalue weighted by Crippen LogP contribution is -2.24. The molecule has 0 saturated heterocycles. The van der Waals surface area contributed by atoms with Gasteiger partial charge >= 0.3 is 5.97 Å². The van der Waals surface area contributed by atoms with Crippen LogP contribution in [0.15, 0.2) is 24.3 Å². The number of ether oxygens (including phenoxy) is 1. The topological polar surface area (TPSA) is 73.2 Å². The van der Waals surface area contributed by atoms with Gasteiger partial charge in [-0.05, 0) is 24.6 Å². The molecule has 0 spiro atoms. The SMILES string of the molecule is COC(=O)c1ccc([C@@H]2CC(=O)Nc3c2c(C)nn3C)cc1. The summed E-state index contributed by atoms with van der Waals surface area (Å²) in [4.78, 5) is 23.5. The first-order chi connectivity index (χ1) is 10.5. The minimum Gasteiger partial charge on any atom is -0.465 e. The second-order valence-corrected chi connectivity index (χ2v) is 5.39. The Balaban J connectivity index is 2.02. The van der Waals surface area contributed by atoms with Crippen LogP contribution in [0.3, 0.4) is 0 Å². The summed E-state index contributed by atoms with van der Waals surface area (Å²) in [5, 5.41) is 7.26. The smallest absolute Gasteiger partial charge is 0.337 e. The summed E-state index contributed by atoms with van der Waals surface area (Å²) in [7, 11) is 3.17. The van der Waals surface area contributed by atoms with Crippen molar-refractivity contribution < 1.29 is 14.3 Å². The van der Waals surface area contributed by atoms with E-state index in [2.05, 4.69) is 10.4 Å². The van der Waals surface area contributed by atoms with E-state index >= 15 is 0 Å². The van der Waals surface area contributed by atoms with Crippen LogP contribution in [0.5, 0.6) is 0 Å². The van der Waals surface area contributed by atoms with Crippen LogP contribution in [0.1, 0.15) is 39.5 Å². The first kappa shape index (κ1) is 14.3. The number of carbonyl (C=O) groups is 2. The molecule has 6 nitrogen and oxygen atoms in total. The molecule has 1 aromatic carbocycles. The highest BCUT2D eigenvalue weighted by molar-refractivity contribution is 5.94. The van der Waals surface area contributed by atoms with E-state index in [0.29, 0.717) is 12.0 Å². The third kappa shape index (κ3) is 2.26. The number of benzene rings is 1. The van der Waals surface area contributed by atoms with Crippen LogP contribution in [-0.2, 0) is 16.6 Å². The number of aromatic nitrogens is 2. The molecular formula is C16H17N3O3. The lowest BCUT2D eigenvalue weighted by Gasteiger charge is -2.24. The summed E-state index contributed by atoms with van der Waals surface area (Å²) in [6, 6.07) is 7.18. The largest absolute Gasteiger partial charge is 0.465 e. The van der Waals surface area contributed by atoms with Crippen LogP contribution >= 0.6 is 0 Å². The Hall–Kier alpha value is -2.63. The van der Waals surface area contributed by atoms with Gasteiger partial charge in [0.15, 0.2) is 0 Å². The summed E-state index contributed by atoms with van der Waals surface area (Å²) >= 11 is 0. The highest BCUT2D eigenvalue weighted by atomic mass is 16.5. The molecule has 0 unspecified atom stereocenters. The predicted molar refractivity (Wildman–Crippen MR) is 80.8 cm³/mol. The number of nitrogens with one attached hydrogen (secondary N) is 1. The van der Waals surface area contributed by atoms with Gasteiger partial charge in [0.1, 0.15) is 5.82 Å². The number of aryl methyl sites for hydroxylation is 2. The van der Waals surface area contributed by atoms with Gasteiger partial charge in [0.05, 0.1) is 18.4 Å². The Morgan fingerprint density at radius 3 is 2.68 bits per heavy atom. The highest BCUT2D eigenvalue weighted by Crippen LogP contribution is 2.38. The Kier molecular flexibility index (Phi) is 3.44. The van der Waals surface area contributed by atoms with Gasteiger partial charge in [-0.3, -0.25) is 9.48 Å². The van der Waals surface area contributed by atoms with Crippen molar-refractivity contribution in [1.82, 2.24) is 9.78 Å². The zero-order valence-corrected chi connectivity index (χ0v) is 12.7. The maximum atomic E-state index is 12.0. The standard InChI is InChI=1S/C16H17N3O3/c1-9-14-12(8-13(20)17-15(14)19(2)18-9)10-4-6-11(7-5-10)16(21)22-3/h4-7,12H,8H2,1-3H3,(H,17,20)/t12-/m0/s1. The van der Waals surface area contributed by atoms with Crippen LogP contribution in [0.4, 0.5) is 5.82 Å². The zero-order valence-electron chi connectivity index (χ0n) is 12.7. The van der Waals surface area contributed by atoms with Crippen LogP contribution in [0.25, 0.3) is 0 Å². The molecule has 0 saturated carbocycles. The van der Waals surface area contributed by atoms with Gasteiger partial charge in [0.2, 0.25) is 5.91 Å². The summed E-state index contributed by atoms with van der Waals surface area (Å²) in [5.74, 6) is 0.295. The van der Waals surface area contributed by atoms with E-state index in [1.807, 2.05) is 26.1 Å². The molecule has 2 aromatic rings. The van der Waals surface area contributed by atoms with Crippen molar-refractivity contribution >= 4 is 17.7 Å². The van der Waals surface area contributed by atoms with E-state index in [1.54, 1.807) is 16.8 Å². The van der Waals surface area contributed by atoms with Gasteiger partial charge in [-0.25, -0.2) is 4.79 Å². The fraction of sp³-hybridized carbons (Fsp3) is 0.312. The molecule has 1 atom stereocenters. The monoisotopic (exact) mass is 299 g/mol. The van der Waals surface area contributed by atoms with Gasteiger partial charge in [-0.1, -0.05) is 12.1 Å².